The number of ether oxygens (including phenoxy) is 1. The molecule has 3 heterocycles. The molecule has 0 amide bonds. The SMILES string of the molecule is CN(C)CC#Cc1nccc(N2C[C@H]3CC(Oc4cc(-c5ccccc5O)nnc4N)C[C@H]3C2)n1. The summed E-state index contributed by atoms with van der Waals surface area (Å²) in [6.07, 6.45) is 3.72. The molecular formula is C26H29N7O2. The number of anilines is 2. The van der Waals surface area contributed by atoms with Gasteiger partial charge in [0.05, 0.1) is 12.6 Å². The number of phenols is 1. The fourth-order valence-corrected chi connectivity index (χ4v) is 4.87. The molecule has 3 atom stereocenters. The molecule has 3 N–H and O–H groups in total. The number of hydrogen-bond acceptors (Lipinski definition) is 9. The number of aromatic hydroxyl groups is 1. The minimum Gasteiger partial charge on any atom is -0.507 e. The van der Waals surface area contributed by atoms with E-state index in [2.05, 4.69) is 36.9 Å². The van der Waals surface area contributed by atoms with Gasteiger partial charge in [0.2, 0.25) is 5.82 Å². The third-order valence-electron chi connectivity index (χ3n) is 6.53. The number of nitrogens with zero attached hydrogens (tertiary/aromatic N) is 6. The first-order chi connectivity index (χ1) is 17.0. The number of hydrogen-bond donors (Lipinski definition) is 2. The van der Waals surface area contributed by atoms with E-state index in [1.165, 1.54) is 0 Å². The fraction of sp³-hybridized carbons (Fsp3) is 0.385. The summed E-state index contributed by atoms with van der Waals surface area (Å²) in [6, 6.07) is 10.7. The fourth-order valence-electron chi connectivity index (χ4n) is 4.87. The molecular weight excluding hydrogens is 442 g/mol. The second-order valence-electron chi connectivity index (χ2n) is 9.41. The molecule has 1 unspecified atom stereocenters. The Bertz CT molecular complexity index is 1260. The van der Waals surface area contributed by atoms with Gasteiger partial charge in [0.1, 0.15) is 17.3 Å². The highest BCUT2D eigenvalue weighted by Gasteiger charge is 2.42. The zero-order chi connectivity index (χ0) is 24.4. The maximum Gasteiger partial charge on any atom is 0.206 e. The zero-order valence-electron chi connectivity index (χ0n) is 19.9. The Kier molecular flexibility index (Phi) is 6.38. The van der Waals surface area contributed by atoms with Crippen molar-refractivity contribution >= 4 is 11.6 Å². The van der Waals surface area contributed by atoms with Crippen molar-refractivity contribution in [1.82, 2.24) is 25.1 Å². The Morgan fingerprint density at radius 3 is 2.66 bits per heavy atom. The van der Waals surface area contributed by atoms with Gasteiger partial charge in [0.25, 0.3) is 0 Å². The van der Waals surface area contributed by atoms with Crippen LogP contribution in [-0.2, 0) is 0 Å². The Labute approximate surface area is 205 Å². The number of phenolic OH excluding ortho intramolecular Hbond substituents is 1. The quantitative estimate of drug-likeness (QED) is 0.542. The van der Waals surface area contributed by atoms with Gasteiger partial charge in [-0.05, 0) is 62.9 Å². The lowest BCUT2D eigenvalue weighted by Crippen LogP contribution is -2.25. The molecule has 2 aromatic heterocycles. The van der Waals surface area contributed by atoms with Crippen LogP contribution in [0.1, 0.15) is 18.7 Å². The van der Waals surface area contributed by atoms with E-state index in [9.17, 15) is 5.11 Å². The van der Waals surface area contributed by atoms with Crippen molar-refractivity contribution in [2.24, 2.45) is 11.8 Å². The molecule has 3 aromatic rings. The number of nitrogen functional groups attached to an aromatic ring is 1. The van der Waals surface area contributed by atoms with Crippen molar-refractivity contribution in [2.45, 2.75) is 18.9 Å². The summed E-state index contributed by atoms with van der Waals surface area (Å²) < 4.78 is 6.29. The summed E-state index contributed by atoms with van der Waals surface area (Å²) >= 11 is 0. The maximum atomic E-state index is 10.2. The van der Waals surface area contributed by atoms with Crippen molar-refractivity contribution < 1.29 is 9.84 Å². The molecule has 0 radical (unpaired) electrons. The van der Waals surface area contributed by atoms with E-state index in [0.29, 0.717) is 41.2 Å². The summed E-state index contributed by atoms with van der Waals surface area (Å²) in [5.41, 5.74) is 7.19. The second kappa shape index (κ2) is 9.76. The lowest BCUT2D eigenvalue weighted by Gasteiger charge is -2.21. The van der Waals surface area contributed by atoms with E-state index in [-0.39, 0.29) is 17.7 Å². The molecule has 0 bridgehead atoms. The highest BCUT2D eigenvalue weighted by Crippen LogP contribution is 2.42. The van der Waals surface area contributed by atoms with Gasteiger partial charge < -0.3 is 20.5 Å². The van der Waals surface area contributed by atoms with Gasteiger partial charge >= 0.3 is 0 Å². The summed E-state index contributed by atoms with van der Waals surface area (Å²) in [4.78, 5) is 13.3. The maximum absolute atomic E-state index is 10.2. The number of benzene rings is 1. The van der Waals surface area contributed by atoms with Crippen LogP contribution in [0.2, 0.25) is 0 Å². The molecule has 1 saturated carbocycles. The van der Waals surface area contributed by atoms with Crippen LogP contribution in [0.4, 0.5) is 11.6 Å². The van der Waals surface area contributed by atoms with Crippen molar-refractivity contribution in [2.75, 3.05) is 44.4 Å². The topological polar surface area (TPSA) is 114 Å². The van der Waals surface area contributed by atoms with Crippen molar-refractivity contribution in [3.63, 3.8) is 0 Å². The van der Waals surface area contributed by atoms with Crippen LogP contribution in [-0.4, -0.2) is 70.0 Å². The number of nitrogens with two attached hydrogens (primary N) is 1. The molecule has 9 heteroatoms. The molecule has 2 fully saturated rings. The Hall–Kier alpha value is -3.90. The second-order valence-corrected chi connectivity index (χ2v) is 9.41. The highest BCUT2D eigenvalue weighted by atomic mass is 16.5. The van der Waals surface area contributed by atoms with Crippen LogP contribution in [0.3, 0.4) is 0 Å². The van der Waals surface area contributed by atoms with Gasteiger partial charge in [-0.25, -0.2) is 9.97 Å². The van der Waals surface area contributed by atoms with E-state index in [0.717, 1.165) is 31.7 Å². The smallest absolute Gasteiger partial charge is 0.206 e. The zero-order valence-corrected chi connectivity index (χ0v) is 19.9. The molecule has 35 heavy (non-hydrogen) atoms. The highest BCUT2D eigenvalue weighted by molar-refractivity contribution is 5.68. The lowest BCUT2D eigenvalue weighted by atomic mass is 10.0. The summed E-state index contributed by atoms with van der Waals surface area (Å²) in [7, 11) is 3.97. The number of rotatable bonds is 5. The van der Waals surface area contributed by atoms with Gasteiger partial charge in [0.15, 0.2) is 11.6 Å². The van der Waals surface area contributed by atoms with E-state index in [4.69, 9.17) is 10.5 Å². The monoisotopic (exact) mass is 471 g/mol. The average Bonchev–Trinajstić information content (AvgIpc) is 3.40. The molecule has 5 rings (SSSR count). The van der Waals surface area contributed by atoms with Gasteiger partial charge in [-0.1, -0.05) is 18.1 Å². The third kappa shape index (κ3) is 5.12. The minimum absolute atomic E-state index is 0.0636. The van der Waals surface area contributed by atoms with E-state index in [1.807, 2.05) is 31.1 Å². The summed E-state index contributed by atoms with van der Waals surface area (Å²) in [5.74, 6) is 9.58. The predicted octanol–water partition coefficient (Wildman–Crippen LogP) is 2.43. The van der Waals surface area contributed by atoms with Crippen LogP contribution < -0.4 is 15.4 Å². The standard InChI is InChI=1S/C26H29N7O2/c1-32(2)11-5-8-24-28-10-9-25(29-24)33-15-17-12-19(13-18(17)16-33)35-23-14-21(30-31-26(23)27)20-6-3-4-7-22(20)34/h3-4,6-7,9-10,14,17-19,34H,11-13,15-16H2,1-2H3,(H2,27,31)/t17-,18+,19?. The Balaban J connectivity index is 1.23. The lowest BCUT2D eigenvalue weighted by molar-refractivity contribution is 0.201. The largest absolute Gasteiger partial charge is 0.507 e. The summed E-state index contributed by atoms with van der Waals surface area (Å²) in [5, 5.41) is 18.3. The molecule has 0 spiro atoms. The number of fused-ring (bicyclic) bond motifs is 1. The first-order valence-electron chi connectivity index (χ1n) is 11.8. The van der Waals surface area contributed by atoms with E-state index >= 15 is 0 Å². The molecule has 180 valence electrons. The molecule has 1 saturated heterocycles. The molecule has 1 aliphatic carbocycles. The average molecular weight is 472 g/mol. The van der Waals surface area contributed by atoms with Gasteiger partial charge in [-0.15, -0.1) is 10.2 Å². The molecule has 1 aliphatic heterocycles. The Morgan fingerprint density at radius 2 is 1.91 bits per heavy atom. The first-order valence-corrected chi connectivity index (χ1v) is 11.8. The van der Waals surface area contributed by atoms with Crippen LogP contribution in [0.15, 0.2) is 42.6 Å². The number of para-hydroxylation sites is 1. The third-order valence-corrected chi connectivity index (χ3v) is 6.53. The van der Waals surface area contributed by atoms with E-state index < -0.39 is 0 Å². The van der Waals surface area contributed by atoms with Crippen molar-refractivity contribution in [3.8, 4) is 34.6 Å². The molecule has 2 aliphatic rings. The van der Waals surface area contributed by atoms with Gasteiger partial charge in [-0.2, -0.15) is 0 Å². The van der Waals surface area contributed by atoms with Crippen LogP contribution >= 0.6 is 0 Å². The van der Waals surface area contributed by atoms with Gasteiger partial charge in [0, 0.05) is 30.9 Å². The van der Waals surface area contributed by atoms with Crippen LogP contribution in [0.5, 0.6) is 11.5 Å². The van der Waals surface area contributed by atoms with Gasteiger partial charge in [-0.3, -0.25) is 4.90 Å². The number of aromatic nitrogens is 4. The van der Waals surface area contributed by atoms with Crippen LogP contribution in [0.25, 0.3) is 11.3 Å². The molecule has 1 aromatic carbocycles. The van der Waals surface area contributed by atoms with Crippen LogP contribution in [0, 0.1) is 23.7 Å². The predicted molar refractivity (Wildman–Crippen MR) is 134 cm³/mol. The van der Waals surface area contributed by atoms with Crippen molar-refractivity contribution in [1.29, 1.82) is 0 Å². The molecule has 9 nitrogen and oxygen atoms in total. The summed E-state index contributed by atoms with van der Waals surface area (Å²) in [6.45, 7) is 2.53. The normalized spacial score (nSPS) is 21.0. The van der Waals surface area contributed by atoms with Crippen molar-refractivity contribution in [3.05, 3.63) is 48.4 Å². The van der Waals surface area contributed by atoms with E-state index in [1.54, 1.807) is 30.5 Å². The minimum atomic E-state index is 0.0636. The Morgan fingerprint density at radius 1 is 1.14 bits per heavy atom. The first kappa shape index (κ1) is 22.9.